The van der Waals surface area contributed by atoms with Crippen LogP contribution in [-0.4, -0.2) is 8.80 Å². The van der Waals surface area contributed by atoms with Crippen molar-refractivity contribution in [1.82, 2.24) is 0 Å². The summed E-state index contributed by atoms with van der Waals surface area (Å²) < 4.78 is 0.768. The minimum atomic E-state index is 0.218. The van der Waals surface area contributed by atoms with Crippen LogP contribution in [0.3, 0.4) is 0 Å². The van der Waals surface area contributed by atoms with Gasteiger partial charge in [-0.1, -0.05) is 22.6 Å². The van der Waals surface area contributed by atoms with Crippen LogP contribution in [0.5, 0.6) is 0 Å². The number of halogens is 2. The summed E-state index contributed by atoms with van der Waals surface area (Å²) in [4.78, 5) is 0.218. The fourth-order valence-electron chi connectivity index (χ4n) is 3.88. The Morgan fingerprint density at radius 3 is 2.17 bits per heavy atom. The summed E-state index contributed by atoms with van der Waals surface area (Å²) in [6.45, 7) is 0. The van der Waals surface area contributed by atoms with E-state index in [1.54, 1.807) is 0 Å². The summed E-state index contributed by atoms with van der Waals surface area (Å²) in [5.74, 6) is 2.95. The fraction of sp³-hybridized carbons (Fsp3) is 1.00. The van der Waals surface area contributed by atoms with Crippen molar-refractivity contribution in [2.24, 2.45) is 17.8 Å². The van der Waals surface area contributed by atoms with Gasteiger partial charge < -0.3 is 0 Å². The Labute approximate surface area is 92.6 Å². The number of alkyl halides is 2. The molecule has 0 amide bonds. The quantitative estimate of drug-likeness (QED) is 0.473. The molecule has 0 nitrogen and oxygen atoms in total. The summed E-state index contributed by atoms with van der Waals surface area (Å²) >= 11 is 9.29. The average Bonchev–Trinajstić information content (AvgIpc) is 1.98. The van der Waals surface area contributed by atoms with Crippen LogP contribution in [-0.2, 0) is 0 Å². The van der Waals surface area contributed by atoms with Crippen LogP contribution in [0.4, 0.5) is 0 Å². The van der Waals surface area contributed by atoms with Crippen LogP contribution in [0.15, 0.2) is 0 Å². The van der Waals surface area contributed by atoms with Gasteiger partial charge in [0.05, 0.1) is 4.87 Å². The van der Waals surface area contributed by atoms with E-state index in [9.17, 15) is 0 Å². The van der Waals surface area contributed by atoms with Gasteiger partial charge in [0, 0.05) is 3.92 Å². The Morgan fingerprint density at radius 1 is 1.08 bits per heavy atom. The zero-order valence-corrected chi connectivity index (χ0v) is 10.0. The highest BCUT2D eigenvalue weighted by Crippen LogP contribution is 2.60. The third kappa shape index (κ3) is 1.01. The Morgan fingerprint density at radius 2 is 1.67 bits per heavy atom. The molecular formula is C10H14ClI. The Bertz CT molecular complexity index is 202. The fourth-order valence-corrected chi connectivity index (χ4v) is 5.59. The maximum Gasteiger partial charge on any atom is 0.0572 e. The molecule has 0 spiro atoms. The van der Waals surface area contributed by atoms with Crippen LogP contribution >= 0.6 is 34.2 Å². The van der Waals surface area contributed by atoms with Crippen molar-refractivity contribution >= 4 is 34.2 Å². The van der Waals surface area contributed by atoms with E-state index in [1.807, 2.05) is 0 Å². The van der Waals surface area contributed by atoms with Crippen LogP contribution in [0.1, 0.15) is 32.1 Å². The van der Waals surface area contributed by atoms with E-state index in [-0.39, 0.29) is 4.87 Å². The van der Waals surface area contributed by atoms with E-state index < -0.39 is 0 Å². The number of hydrogen-bond acceptors (Lipinski definition) is 0. The van der Waals surface area contributed by atoms with Crippen molar-refractivity contribution in [2.45, 2.75) is 40.9 Å². The monoisotopic (exact) mass is 296 g/mol. The minimum absolute atomic E-state index is 0.218. The molecular weight excluding hydrogens is 282 g/mol. The molecule has 0 aromatic heterocycles. The predicted octanol–water partition coefficient (Wildman–Crippen LogP) is 3.61. The van der Waals surface area contributed by atoms with Crippen molar-refractivity contribution in [1.29, 1.82) is 0 Å². The predicted molar refractivity (Wildman–Crippen MR) is 59.9 cm³/mol. The van der Waals surface area contributed by atoms with Gasteiger partial charge in [0.15, 0.2) is 0 Å². The lowest BCUT2D eigenvalue weighted by Gasteiger charge is -2.57. The highest BCUT2D eigenvalue weighted by Gasteiger charge is 2.55. The summed E-state index contributed by atoms with van der Waals surface area (Å²) in [7, 11) is 0. The van der Waals surface area contributed by atoms with E-state index in [0.717, 1.165) is 21.7 Å². The highest BCUT2D eigenvalue weighted by molar-refractivity contribution is 14.1. The molecule has 3 unspecified atom stereocenters. The molecule has 68 valence electrons. The van der Waals surface area contributed by atoms with Crippen LogP contribution < -0.4 is 0 Å². The van der Waals surface area contributed by atoms with Crippen molar-refractivity contribution in [3.63, 3.8) is 0 Å². The maximum absolute atomic E-state index is 6.67. The molecule has 4 fully saturated rings. The molecule has 0 radical (unpaired) electrons. The zero-order chi connectivity index (χ0) is 8.34. The second kappa shape index (κ2) is 2.53. The highest BCUT2D eigenvalue weighted by atomic mass is 127. The smallest absolute Gasteiger partial charge is 0.0572 e. The number of hydrogen-bond donors (Lipinski definition) is 0. The van der Waals surface area contributed by atoms with Gasteiger partial charge in [-0.25, -0.2) is 0 Å². The van der Waals surface area contributed by atoms with Gasteiger partial charge in [-0.05, 0) is 49.9 Å². The molecule has 4 aliphatic carbocycles. The third-order valence-corrected chi connectivity index (χ3v) is 7.22. The molecule has 0 aromatic rings. The SMILES string of the molecule is ClC12C[C@@H]3CC(C[C@@H](C3)C1)C2I. The first-order valence-electron chi connectivity index (χ1n) is 5.00. The van der Waals surface area contributed by atoms with Crippen molar-refractivity contribution in [3.05, 3.63) is 0 Å². The van der Waals surface area contributed by atoms with E-state index in [0.29, 0.717) is 0 Å². The van der Waals surface area contributed by atoms with Gasteiger partial charge in [0.25, 0.3) is 0 Å². The van der Waals surface area contributed by atoms with Gasteiger partial charge in [0.2, 0.25) is 0 Å². The first-order chi connectivity index (χ1) is 5.67. The Hall–Kier alpha value is 1.02. The van der Waals surface area contributed by atoms with E-state index >= 15 is 0 Å². The molecule has 4 rings (SSSR count). The molecule has 4 saturated carbocycles. The average molecular weight is 297 g/mol. The van der Waals surface area contributed by atoms with Gasteiger partial charge in [0.1, 0.15) is 0 Å². The summed E-state index contributed by atoms with van der Waals surface area (Å²) in [6.07, 6.45) is 7.09. The minimum Gasteiger partial charge on any atom is -0.118 e. The molecule has 0 aliphatic heterocycles. The lowest BCUT2D eigenvalue weighted by molar-refractivity contribution is 0.0465. The maximum atomic E-state index is 6.67. The summed E-state index contributed by atoms with van der Waals surface area (Å²) in [5.41, 5.74) is 0. The van der Waals surface area contributed by atoms with Crippen LogP contribution in [0.2, 0.25) is 0 Å². The molecule has 2 heteroatoms. The van der Waals surface area contributed by atoms with Crippen LogP contribution in [0, 0.1) is 17.8 Å². The molecule has 0 N–H and O–H groups in total. The van der Waals surface area contributed by atoms with Gasteiger partial charge in [-0.2, -0.15) is 0 Å². The lowest BCUT2D eigenvalue weighted by Crippen LogP contribution is -2.54. The Kier molecular flexibility index (Phi) is 1.76. The Balaban J connectivity index is 1.97. The van der Waals surface area contributed by atoms with Crippen LogP contribution in [0.25, 0.3) is 0 Å². The molecule has 4 bridgehead atoms. The second-order valence-corrected chi connectivity index (χ2v) is 7.14. The third-order valence-electron chi connectivity index (χ3n) is 4.10. The topological polar surface area (TPSA) is 0 Å². The molecule has 5 atom stereocenters. The first kappa shape index (κ1) is 8.34. The van der Waals surface area contributed by atoms with Gasteiger partial charge in [-0.15, -0.1) is 11.6 Å². The summed E-state index contributed by atoms with van der Waals surface area (Å²) in [5, 5.41) is 0. The van der Waals surface area contributed by atoms with E-state index in [2.05, 4.69) is 22.6 Å². The largest absolute Gasteiger partial charge is 0.118 e. The van der Waals surface area contributed by atoms with Crippen molar-refractivity contribution in [3.8, 4) is 0 Å². The molecule has 0 heterocycles. The van der Waals surface area contributed by atoms with Gasteiger partial charge >= 0.3 is 0 Å². The van der Waals surface area contributed by atoms with Crippen molar-refractivity contribution in [2.75, 3.05) is 0 Å². The van der Waals surface area contributed by atoms with Crippen molar-refractivity contribution < 1.29 is 0 Å². The van der Waals surface area contributed by atoms with Gasteiger partial charge in [-0.3, -0.25) is 0 Å². The normalized spacial score (nSPS) is 62.5. The molecule has 0 aromatic carbocycles. The standard InChI is InChI=1S/C10H14ClI/c11-10-4-6-1-7(5-10)3-8(2-6)9(10)12/h6-9H,1-5H2/t6-,7+,8?,9?,10?. The molecule has 4 aliphatic rings. The molecule has 12 heavy (non-hydrogen) atoms. The van der Waals surface area contributed by atoms with E-state index in [1.165, 1.54) is 32.1 Å². The first-order valence-corrected chi connectivity index (χ1v) is 6.63. The van der Waals surface area contributed by atoms with E-state index in [4.69, 9.17) is 11.6 Å². The lowest BCUT2D eigenvalue weighted by atomic mass is 9.56. The number of rotatable bonds is 0. The summed E-state index contributed by atoms with van der Waals surface area (Å²) in [6, 6.07) is 0. The zero-order valence-electron chi connectivity index (χ0n) is 7.10. The molecule has 0 saturated heterocycles. The second-order valence-electron chi connectivity index (χ2n) is 5.04.